The largest absolute Gasteiger partial charge is 0.496 e. The van der Waals surface area contributed by atoms with Crippen molar-refractivity contribution in [2.24, 2.45) is 11.3 Å². The molecule has 0 saturated carbocycles. The van der Waals surface area contributed by atoms with Crippen LogP contribution in [0.15, 0.2) is 16.6 Å². The third kappa shape index (κ3) is 3.22. The van der Waals surface area contributed by atoms with Crippen molar-refractivity contribution >= 4 is 22.0 Å². The van der Waals surface area contributed by atoms with Gasteiger partial charge in [0.05, 0.1) is 17.6 Å². The van der Waals surface area contributed by atoms with Gasteiger partial charge in [-0.2, -0.15) is 0 Å². The quantitative estimate of drug-likeness (QED) is 0.802. The summed E-state index contributed by atoms with van der Waals surface area (Å²) in [4.78, 5) is 15.1. The predicted octanol–water partition coefficient (Wildman–Crippen LogP) is 3.90. The highest BCUT2D eigenvalue weighted by molar-refractivity contribution is 9.10. The topological polar surface area (TPSA) is 50.8 Å². The van der Waals surface area contributed by atoms with Gasteiger partial charge < -0.3 is 14.8 Å². The van der Waals surface area contributed by atoms with E-state index in [1.807, 2.05) is 6.07 Å². The van der Waals surface area contributed by atoms with Crippen LogP contribution in [0.25, 0.3) is 0 Å². The molecule has 3 heterocycles. The summed E-state index contributed by atoms with van der Waals surface area (Å²) in [6.45, 7) is 7.54. The summed E-state index contributed by atoms with van der Waals surface area (Å²) >= 11 is 3.56. The van der Waals surface area contributed by atoms with Crippen LogP contribution in [-0.2, 0) is 11.2 Å². The van der Waals surface area contributed by atoms with E-state index in [1.54, 1.807) is 7.11 Å². The van der Waals surface area contributed by atoms with Crippen molar-refractivity contribution in [1.29, 1.82) is 0 Å². The third-order valence-corrected chi connectivity index (χ3v) is 6.89. The Morgan fingerprint density at radius 3 is 2.65 bits per heavy atom. The summed E-state index contributed by atoms with van der Waals surface area (Å²) in [5, 5.41) is 3.15. The lowest BCUT2D eigenvalue weighted by Crippen LogP contribution is -2.53. The summed E-state index contributed by atoms with van der Waals surface area (Å²) in [7, 11) is 1.66. The van der Waals surface area contributed by atoms with E-state index in [-0.39, 0.29) is 23.7 Å². The van der Waals surface area contributed by atoms with Crippen LogP contribution < -0.4 is 10.1 Å². The van der Waals surface area contributed by atoms with Crippen LogP contribution in [0.3, 0.4) is 0 Å². The number of methoxy groups -OCH3 is 1. The first-order chi connectivity index (χ1) is 12.4. The van der Waals surface area contributed by atoms with E-state index in [2.05, 4.69) is 46.1 Å². The van der Waals surface area contributed by atoms with E-state index in [1.165, 1.54) is 5.56 Å². The van der Waals surface area contributed by atoms with Crippen LogP contribution in [-0.4, -0.2) is 43.8 Å². The van der Waals surface area contributed by atoms with Gasteiger partial charge in [-0.15, -0.1) is 0 Å². The Hall–Kier alpha value is -1.27. The maximum absolute atomic E-state index is 12.7. The maximum Gasteiger partial charge on any atom is 0.407 e. The maximum atomic E-state index is 12.7. The predicted molar refractivity (Wildman–Crippen MR) is 103 cm³/mol. The van der Waals surface area contributed by atoms with Crippen molar-refractivity contribution < 1.29 is 14.3 Å². The van der Waals surface area contributed by atoms with Crippen LogP contribution in [0.2, 0.25) is 0 Å². The Kier molecular flexibility index (Phi) is 4.68. The molecule has 1 aromatic carbocycles. The molecule has 0 radical (unpaired) electrons. The second-order valence-corrected chi connectivity index (χ2v) is 9.36. The zero-order valence-electron chi connectivity index (χ0n) is 15.7. The van der Waals surface area contributed by atoms with Crippen LogP contribution in [0.1, 0.15) is 43.9 Å². The number of alkyl carbamates (subject to hydrolysis) is 1. The molecule has 1 N–H and O–H groups in total. The summed E-state index contributed by atoms with van der Waals surface area (Å²) in [6.07, 6.45) is 2.93. The van der Waals surface area contributed by atoms with Crippen molar-refractivity contribution in [1.82, 2.24) is 10.2 Å². The normalized spacial score (nSPS) is 31.4. The highest BCUT2D eigenvalue weighted by Gasteiger charge is 2.42. The fourth-order valence-corrected chi connectivity index (χ4v) is 5.36. The first-order valence-corrected chi connectivity index (χ1v) is 10.2. The molecular formula is C20H27BrN2O3. The number of nitrogens with zero attached hydrogens (tertiary/aromatic N) is 1. The average molecular weight is 423 g/mol. The number of halogens is 1. The van der Waals surface area contributed by atoms with Gasteiger partial charge in [0, 0.05) is 6.54 Å². The number of carbonyl (C=O) groups is 1. The molecular weight excluding hydrogens is 396 g/mol. The second kappa shape index (κ2) is 6.71. The fraction of sp³-hybridized carbons (Fsp3) is 0.650. The van der Waals surface area contributed by atoms with E-state index in [0.717, 1.165) is 54.7 Å². The number of rotatable bonds is 3. The van der Waals surface area contributed by atoms with Gasteiger partial charge in [0.15, 0.2) is 0 Å². The van der Waals surface area contributed by atoms with Crippen molar-refractivity contribution in [2.45, 2.75) is 45.3 Å². The van der Waals surface area contributed by atoms with Crippen molar-refractivity contribution in [2.75, 3.05) is 26.7 Å². The van der Waals surface area contributed by atoms with Gasteiger partial charge in [-0.05, 0) is 82.9 Å². The lowest BCUT2D eigenvalue weighted by atomic mass is 9.85. The third-order valence-electron chi connectivity index (χ3n) is 6.27. The number of benzene rings is 1. The Balaban J connectivity index is 1.49. The average Bonchev–Trinajstić information content (AvgIpc) is 2.84. The Labute approximate surface area is 163 Å². The van der Waals surface area contributed by atoms with E-state index >= 15 is 0 Å². The van der Waals surface area contributed by atoms with Crippen LogP contribution in [0, 0.1) is 11.3 Å². The number of ether oxygens (including phenoxy) is 2. The van der Waals surface area contributed by atoms with Gasteiger partial charge >= 0.3 is 6.09 Å². The standard InChI is InChI=1S/C20H27BrN2O3/c1-20(2)10-13-8-15(21)16(25-3)9-14(13)18(20)22-19(24)26-17-11-23-6-4-12(17)5-7-23/h8-9,12,17-18H,4-7,10-11H2,1-3H3,(H,22,24)/t17-,18?/m0/s1. The summed E-state index contributed by atoms with van der Waals surface area (Å²) in [5.74, 6) is 1.31. The summed E-state index contributed by atoms with van der Waals surface area (Å²) in [6, 6.07) is 4.07. The molecule has 26 heavy (non-hydrogen) atoms. The minimum Gasteiger partial charge on any atom is -0.496 e. The van der Waals surface area contributed by atoms with Gasteiger partial charge in [-0.25, -0.2) is 4.79 Å². The number of fused-ring (bicyclic) bond motifs is 4. The van der Waals surface area contributed by atoms with Crippen LogP contribution in [0.4, 0.5) is 4.79 Å². The Bertz CT molecular complexity index is 713. The second-order valence-electron chi connectivity index (χ2n) is 8.51. The molecule has 4 aliphatic rings. The molecule has 3 aliphatic heterocycles. The lowest BCUT2D eigenvalue weighted by molar-refractivity contribution is -0.0349. The highest BCUT2D eigenvalue weighted by Crippen LogP contribution is 2.48. The Morgan fingerprint density at radius 1 is 1.31 bits per heavy atom. The molecule has 2 bridgehead atoms. The van der Waals surface area contributed by atoms with Gasteiger partial charge in [0.25, 0.3) is 0 Å². The van der Waals surface area contributed by atoms with Crippen molar-refractivity contribution in [3.8, 4) is 5.75 Å². The van der Waals surface area contributed by atoms with E-state index in [9.17, 15) is 4.79 Å². The number of hydrogen-bond acceptors (Lipinski definition) is 4. The smallest absolute Gasteiger partial charge is 0.407 e. The molecule has 5 nitrogen and oxygen atoms in total. The molecule has 6 heteroatoms. The zero-order chi connectivity index (χ0) is 18.5. The van der Waals surface area contributed by atoms with Crippen molar-refractivity contribution in [3.05, 3.63) is 27.7 Å². The van der Waals surface area contributed by atoms with E-state index in [0.29, 0.717) is 5.92 Å². The number of piperidine rings is 3. The number of carbonyl (C=O) groups excluding carboxylic acids is 1. The van der Waals surface area contributed by atoms with E-state index in [4.69, 9.17) is 9.47 Å². The highest BCUT2D eigenvalue weighted by atomic mass is 79.9. The van der Waals surface area contributed by atoms with Gasteiger partial charge in [0.2, 0.25) is 0 Å². The molecule has 142 valence electrons. The minimum atomic E-state index is -0.295. The SMILES string of the molecule is COc1cc2c(cc1Br)CC(C)(C)C2NC(=O)O[C@H]1CN2CCC1CC2. The van der Waals surface area contributed by atoms with Gasteiger partial charge in [-0.3, -0.25) is 4.90 Å². The van der Waals surface area contributed by atoms with Crippen LogP contribution in [0.5, 0.6) is 5.75 Å². The molecule has 1 unspecified atom stereocenters. The summed E-state index contributed by atoms with van der Waals surface area (Å²) in [5.41, 5.74) is 2.30. The van der Waals surface area contributed by atoms with Gasteiger partial charge in [0.1, 0.15) is 11.9 Å². The summed E-state index contributed by atoms with van der Waals surface area (Å²) < 4.78 is 12.2. The molecule has 0 aromatic heterocycles. The van der Waals surface area contributed by atoms with Crippen molar-refractivity contribution in [3.63, 3.8) is 0 Å². The molecule has 5 rings (SSSR count). The molecule has 0 spiro atoms. The Morgan fingerprint density at radius 2 is 2.04 bits per heavy atom. The molecule has 1 amide bonds. The molecule has 1 aromatic rings. The number of nitrogens with one attached hydrogen (secondary N) is 1. The van der Waals surface area contributed by atoms with Gasteiger partial charge in [-0.1, -0.05) is 13.8 Å². The fourth-order valence-electron chi connectivity index (χ4n) is 4.81. The zero-order valence-corrected chi connectivity index (χ0v) is 17.3. The molecule has 3 saturated heterocycles. The van der Waals surface area contributed by atoms with Crippen LogP contribution >= 0.6 is 15.9 Å². The first-order valence-electron chi connectivity index (χ1n) is 9.43. The minimum absolute atomic E-state index is 0.0286. The monoisotopic (exact) mass is 422 g/mol. The number of hydrogen-bond donors (Lipinski definition) is 1. The molecule has 2 atom stereocenters. The number of amides is 1. The first kappa shape index (κ1) is 18.1. The molecule has 1 aliphatic carbocycles. The molecule has 3 fully saturated rings. The van der Waals surface area contributed by atoms with E-state index < -0.39 is 0 Å². The lowest BCUT2D eigenvalue weighted by Gasteiger charge is -2.44.